The van der Waals surface area contributed by atoms with Gasteiger partial charge in [-0.05, 0) is 12.8 Å². The van der Waals surface area contributed by atoms with Gasteiger partial charge in [-0.1, -0.05) is 0 Å². The minimum absolute atomic E-state index is 0.0411. The van der Waals surface area contributed by atoms with Crippen LogP contribution in [0.4, 0.5) is 31.9 Å². The van der Waals surface area contributed by atoms with Gasteiger partial charge in [0.15, 0.2) is 0 Å². The molecule has 4 rings (SSSR count). The van der Waals surface area contributed by atoms with Crippen LogP contribution in [0.5, 0.6) is 0 Å². The number of nitrogens with zero attached hydrogens (tertiary/aromatic N) is 4. The highest BCUT2D eigenvalue weighted by Crippen LogP contribution is 2.58. The SMILES string of the molecule is COCCNc1cc(N2CC3(CC3)c3cnc(NC(C)=O)cc32)nc(C(C)(F)F)n1. The van der Waals surface area contributed by atoms with Gasteiger partial charge in [0.25, 0.3) is 0 Å². The summed E-state index contributed by atoms with van der Waals surface area (Å²) in [6, 6.07) is 3.43. The molecule has 1 saturated carbocycles. The van der Waals surface area contributed by atoms with Crippen molar-refractivity contribution in [1.82, 2.24) is 15.0 Å². The van der Waals surface area contributed by atoms with E-state index in [4.69, 9.17) is 4.74 Å². The Morgan fingerprint density at radius 3 is 2.70 bits per heavy atom. The van der Waals surface area contributed by atoms with Gasteiger partial charge < -0.3 is 20.3 Å². The van der Waals surface area contributed by atoms with Crippen molar-refractivity contribution in [1.29, 1.82) is 0 Å². The van der Waals surface area contributed by atoms with Crippen LogP contribution < -0.4 is 15.5 Å². The van der Waals surface area contributed by atoms with Crippen LogP contribution in [0.3, 0.4) is 0 Å². The van der Waals surface area contributed by atoms with Crippen LogP contribution in [0.1, 0.15) is 38.1 Å². The predicted octanol–water partition coefficient (Wildman–Crippen LogP) is 3.18. The lowest BCUT2D eigenvalue weighted by Crippen LogP contribution is -2.23. The Hall–Kier alpha value is -2.88. The van der Waals surface area contributed by atoms with E-state index in [1.807, 2.05) is 4.90 Å². The zero-order valence-electron chi connectivity index (χ0n) is 17.1. The molecule has 1 aliphatic heterocycles. The quantitative estimate of drug-likeness (QED) is 0.667. The molecular formula is C20H24F2N6O2. The Morgan fingerprint density at radius 1 is 1.30 bits per heavy atom. The Kier molecular flexibility index (Phi) is 5.05. The van der Waals surface area contributed by atoms with Crippen molar-refractivity contribution in [3.63, 3.8) is 0 Å². The number of carbonyl (C=O) groups is 1. The minimum atomic E-state index is -3.19. The fourth-order valence-corrected chi connectivity index (χ4v) is 3.72. The highest BCUT2D eigenvalue weighted by Gasteiger charge is 2.52. The molecule has 2 aromatic heterocycles. The molecule has 10 heteroatoms. The van der Waals surface area contributed by atoms with Crippen molar-refractivity contribution in [3.8, 4) is 0 Å². The number of hydrogen-bond donors (Lipinski definition) is 2. The predicted molar refractivity (Wildman–Crippen MR) is 108 cm³/mol. The summed E-state index contributed by atoms with van der Waals surface area (Å²) in [6.45, 7) is 3.66. The number of aromatic nitrogens is 3. The van der Waals surface area contributed by atoms with E-state index in [2.05, 4.69) is 25.6 Å². The molecule has 0 saturated heterocycles. The van der Waals surface area contributed by atoms with Crippen molar-refractivity contribution < 1.29 is 18.3 Å². The number of anilines is 4. The number of amides is 1. The molecular weight excluding hydrogens is 394 g/mol. The Labute approximate surface area is 173 Å². The third-order valence-corrected chi connectivity index (χ3v) is 5.36. The van der Waals surface area contributed by atoms with E-state index >= 15 is 0 Å². The molecule has 2 aliphatic rings. The molecule has 0 aromatic carbocycles. The molecule has 3 heterocycles. The first kappa shape index (κ1) is 20.4. The first-order valence-corrected chi connectivity index (χ1v) is 9.78. The van der Waals surface area contributed by atoms with E-state index in [0.717, 1.165) is 31.0 Å². The molecule has 1 amide bonds. The van der Waals surface area contributed by atoms with Crippen LogP contribution in [-0.2, 0) is 20.9 Å². The number of rotatable bonds is 7. The summed E-state index contributed by atoms with van der Waals surface area (Å²) >= 11 is 0. The number of ether oxygens (including phenoxy) is 1. The average molecular weight is 418 g/mol. The topological polar surface area (TPSA) is 92.3 Å². The maximum atomic E-state index is 14.1. The molecule has 30 heavy (non-hydrogen) atoms. The van der Waals surface area contributed by atoms with Crippen LogP contribution >= 0.6 is 0 Å². The third-order valence-electron chi connectivity index (χ3n) is 5.36. The second-order valence-corrected chi connectivity index (χ2v) is 7.88. The van der Waals surface area contributed by atoms with E-state index < -0.39 is 11.7 Å². The molecule has 2 N–H and O–H groups in total. The van der Waals surface area contributed by atoms with Crippen molar-refractivity contribution in [2.24, 2.45) is 0 Å². The largest absolute Gasteiger partial charge is 0.383 e. The lowest BCUT2D eigenvalue weighted by molar-refractivity contribution is -0.114. The number of hydrogen-bond acceptors (Lipinski definition) is 7. The maximum absolute atomic E-state index is 14.1. The number of alkyl halides is 2. The number of fused-ring (bicyclic) bond motifs is 2. The fourth-order valence-electron chi connectivity index (χ4n) is 3.72. The smallest absolute Gasteiger partial charge is 0.303 e. The Morgan fingerprint density at radius 2 is 2.07 bits per heavy atom. The van der Waals surface area contributed by atoms with Crippen LogP contribution in [0.2, 0.25) is 0 Å². The molecule has 0 atom stereocenters. The minimum Gasteiger partial charge on any atom is -0.383 e. The van der Waals surface area contributed by atoms with Gasteiger partial charge in [0.2, 0.25) is 11.7 Å². The number of carbonyl (C=O) groups excluding carboxylic acids is 1. The zero-order valence-corrected chi connectivity index (χ0v) is 17.1. The second-order valence-electron chi connectivity index (χ2n) is 7.88. The maximum Gasteiger partial charge on any atom is 0.303 e. The third kappa shape index (κ3) is 3.91. The monoisotopic (exact) mass is 418 g/mol. The van der Waals surface area contributed by atoms with Gasteiger partial charge in [0, 0.05) is 63.4 Å². The number of methoxy groups -OCH3 is 1. The summed E-state index contributed by atoms with van der Waals surface area (Å²) in [4.78, 5) is 25.9. The summed E-state index contributed by atoms with van der Waals surface area (Å²) in [7, 11) is 1.57. The average Bonchev–Trinajstić information content (AvgIpc) is 3.38. The lowest BCUT2D eigenvalue weighted by Gasteiger charge is -2.22. The van der Waals surface area contributed by atoms with Crippen LogP contribution in [0, 0.1) is 0 Å². The number of halogens is 2. The first-order chi connectivity index (χ1) is 14.2. The van der Waals surface area contributed by atoms with E-state index in [0.29, 0.717) is 37.1 Å². The summed E-state index contributed by atoms with van der Waals surface area (Å²) < 4.78 is 33.2. The van der Waals surface area contributed by atoms with Crippen LogP contribution in [-0.4, -0.2) is 47.7 Å². The molecule has 0 unspecified atom stereocenters. The Bertz CT molecular complexity index is 974. The van der Waals surface area contributed by atoms with E-state index in [1.54, 1.807) is 25.4 Å². The van der Waals surface area contributed by atoms with Gasteiger partial charge in [0.05, 0.1) is 12.3 Å². The van der Waals surface area contributed by atoms with Crippen LogP contribution in [0.25, 0.3) is 0 Å². The van der Waals surface area contributed by atoms with Crippen molar-refractivity contribution in [2.75, 3.05) is 42.3 Å². The van der Waals surface area contributed by atoms with E-state index in [9.17, 15) is 13.6 Å². The number of pyridine rings is 1. The Balaban J connectivity index is 1.75. The summed E-state index contributed by atoms with van der Waals surface area (Å²) in [6.07, 6.45) is 3.76. The van der Waals surface area contributed by atoms with Crippen molar-refractivity contribution in [3.05, 3.63) is 29.7 Å². The fraction of sp³-hybridized carbons (Fsp3) is 0.500. The van der Waals surface area contributed by atoms with Gasteiger partial charge >= 0.3 is 5.92 Å². The van der Waals surface area contributed by atoms with Gasteiger partial charge in [-0.3, -0.25) is 4.79 Å². The molecule has 8 nitrogen and oxygen atoms in total. The van der Waals surface area contributed by atoms with Gasteiger partial charge in [0.1, 0.15) is 17.5 Å². The molecule has 1 spiro atoms. The van der Waals surface area contributed by atoms with Crippen molar-refractivity contribution in [2.45, 2.75) is 38.0 Å². The molecule has 0 bridgehead atoms. The van der Waals surface area contributed by atoms with Crippen LogP contribution in [0.15, 0.2) is 18.3 Å². The zero-order chi connectivity index (χ0) is 21.5. The summed E-state index contributed by atoms with van der Waals surface area (Å²) in [5, 5.41) is 5.69. The normalized spacial score (nSPS) is 16.5. The first-order valence-electron chi connectivity index (χ1n) is 9.78. The molecule has 1 fully saturated rings. The highest BCUT2D eigenvalue weighted by molar-refractivity contribution is 5.89. The van der Waals surface area contributed by atoms with Gasteiger partial charge in [-0.2, -0.15) is 8.78 Å². The highest BCUT2D eigenvalue weighted by atomic mass is 19.3. The van der Waals surface area contributed by atoms with Gasteiger partial charge in [-0.15, -0.1) is 0 Å². The van der Waals surface area contributed by atoms with E-state index in [1.165, 1.54) is 6.92 Å². The summed E-state index contributed by atoms with van der Waals surface area (Å²) in [5.74, 6) is -2.86. The molecule has 0 radical (unpaired) electrons. The van der Waals surface area contributed by atoms with E-state index in [-0.39, 0.29) is 11.3 Å². The standard InChI is InChI=1S/C20H24F2N6O2/c1-12(29)25-15-8-14-13(10-24-15)20(4-5-20)11-28(14)17-9-16(23-6-7-30-3)26-18(27-17)19(2,21)22/h8-10H,4-7,11H2,1-3H3,(H,23,26,27)(H,24,25,29). The number of nitrogens with one attached hydrogen (secondary N) is 2. The lowest BCUT2D eigenvalue weighted by atomic mass is 10.0. The second kappa shape index (κ2) is 7.42. The van der Waals surface area contributed by atoms with Crippen molar-refractivity contribution >= 4 is 29.0 Å². The molecule has 1 aliphatic carbocycles. The molecule has 160 valence electrons. The summed E-state index contributed by atoms with van der Waals surface area (Å²) in [5.41, 5.74) is 1.83. The molecule has 2 aromatic rings. The van der Waals surface area contributed by atoms with Gasteiger partial charge in [-0.25, -0.2) is 15.0 Å².